The minimum atomic E-state index is 0.258. The Labute approximate surface area is 188 Å². The third-order valence-corrected chi connectivity index (χ3v) is 8.84. The number of fused-ring (bicyclic) bond motifs is 1. The number of thioether (sulfide) groups is 1. The molecule has 0 amide bonds. The van der Waals surface area contributed by atoms with Gasteiger partial charge in [-0.3, -0.25) is 0 Å². The maximum absolute atomic E-state index is 2.58. The first-order valence-corrected chi connectivity index (χ1v) is 12.8. The summed E-state index contributed by atoms with van der Waals surface area (Å²) in [6.07, 6.45) is 12.9. The van der Waals surface area contributed by atoms with E-state index in [4.69, 9.17) is 0 Å². The van der Waals surface area contributed by atoms with E-state index < -0.39 is 0 Å². The fourth-order valence-corrected chi connectivity index (χ4v) is 6.41. The molecule has 0 N–H and O–H groups in total. The average molecular weight is 419 g/mol. The quantitative estimate of drug-likeness (QED) is 0.438. The Morgan fingerprint density at radius 3 is 2.10 bits per heavy atom. The van der Waals surface area contributed by atoms with Crippen LogP contribution in [0.25, 0.3) is 12.2 Å². The molecular weight excluding hydrogens is 380 g/mol. The van der Waals surface area contributed by atoms with Gasteiger partial charge in [-0.25, -0.2) is 0 Å². The second kappa shape index (κ2) is 8.58. The third-order valence-electron chi connectivity index (χ3n) is 7.42. The third kappa shape index (κ3) is 4.72. The van der Waals surface area contributed by atoms with E-state index in [1.165, 1.54) is 60.8 Å². The summed E-state index contributed by atoms with van der Waals surface area (Å²) in [6.45, 7) is 11.9. The first-order valence-electron chi connectivity index (χ1n) is 11.8. The lowest BCUT2D eigenvalue weighted by atomic mass is 9.62. The molecule has 30 heavy (non-hydrogen) atoms. The van der Waals surface area contributed by atoms with Gasteiger partial charge in [-0.05, 0) is 71.3 Å². The monoisotopic (exact) mass is 418 g/mol. The van der Waals surface area contributed by atoms with E-state index in [0.717, 1.165) is 11.0 Å². The Hall–Kier alpha value is -1.47. The van der Waals surface area contributed by atoms with Crippen LogP contribution in [0.1, 0.15) is 99.6 Å². The second-order valence-electron chi connectivity index (χ2n) is 10.8. The zero-order chi connectivity index (χ0) is 21.4. The molecule has 0 aromatic heterocycles. The molecular formula is C29H38S. The summed E-state index contributed by atoms with van der Waals surface area (Å²) in [5.41, 5.74) is 9.24. The normalized spacial score (nSPS) is 20.6. The highest BCUT2D eigenvalue weighted by Gasteiger charge is 2.37. The lowest BCUT2D eigenvalue weighted by Crippen LogP contribution is -2.34. The zero-order valence-electron chi connectivity index (χ0n) is 19.6. The minimum absolute atomic E-state index is 0.258. The summed E-state index contributed by atoms with van der Waals surface area (Å²) in [5, 5.41) is 0.861. The van der Waals surface area contributed by atoms with E-state index in [1.807, 2.05) is 0 Å². The molecule has 0 radical (unpaired) electrons. The fourth-order valence-electron chi connectivity index (χ4n) is 5.08. The van der Waals surface area contributed by atoms with Gasteiger partial charge in [0.1, 0.15) is 0 Å². The molecule has 0 spiro atoms. The van der Waals surface area contributed by atoms with Crippen LogP contribution in [-0.2, 0) is 16.6 Å². The van der Waals surface area contributed by atoms with Crippen molar-refractivity contribution in [3.05, 3.63) is 69.8 Å². The SMILES string of the molecule is Cc1ccc(/C=C/c2cc3c(cc2CSC2CCCC2)C(C)(C)CCC3(C)C)cc1. The summed E-state index contributed by atoms with van der Waals surface area (Å²) in [7, 11) is 0. The van der Waals surface area contributed by atoms with Gasteiger partial charge in [-0.1, -0.05) is 94.7 Å². The Balaban J connectivity index is 1.72. The zero-order valence-corrected chi connectivity index (χ0v) is 20.4. The number of aryl methyl sites for hydroxylation is 1. The number of benzene rings is 2. The summed E-state index contributed by atoms with van der Waals surface area (Å²) in [6, 6.07) is 14.0. The Kier molecular flexibility index (Phi) is 6.22. The molecule has 0 bridgehead atoms. The summed E-state index contributed by atoms with van der Waals surface area (Å²) >= 11 is 2.19. The van der Waals surface area contributed by atoms with Crippen molar-refractivity contribution in [1.29, 1.82) is 0 Å². The number of hydrogen-bond acceptors (Lipinski definition) is 1. The van der Waals surface area contributed by atoms with Crippen LogP contribution < -0.4 is 0 Å². The summed E-state index contributed by atoms with van der Waals surface area (Å²) in [5.74, 6) is 1.14. The predicted molar refractivity (Wildman–Crippen MR) is 135 cm³/mol. The molecule has 2 aromatic rings. The Morgan fingerprint density at radius 2 is 1.47 bits per heavy atom. The van der Waals surface area contributed by atoms with Gasteiger partial charge >= 0.3 is 0 Å². The highest BCUT2D eigenvalue weighted by Crippen LogP contribution is 2.47. The van der Waals surface area contributed by atoms with Gasteiger partial charge in [0.15, 0.2) is 0 Å². The topological polar surface area (TPSA) is 0 Å². The standard InChI is InChI=1S/C29H38S/c1-21-10-12-22(13-11-21)14-15-23-18-26-27(29(4,5)17-16-28(26,2)3)19-24(23)20-30-25-8-6-7-9-25/h10-15,18-19,25H,6-9,16-17,20H2,1-5H3/b15-14+. The molecule has 1 heteroatoms. The van der Waals surface area contributed by atoms with Crippen LogP contribution in [0.4, 0.5) is 0 Å². The van der Waals surface area contributed by atoms with Crippen molar-refractivity contribution in [3.63, 3.8) is 0 Å². The highest BCUT2D eigenvalue weighted by molar-refractivity contribution is 7.99. The molecule has 0 heterocycles. The van der Waals surface area contributed by atoms with E-state index in [1.54, 1.807) is 11.1 Å². The van der Waals surface area contributed by atoms with Crippen LogP contribution in [0.2, 0.25) is 0 Å². The molecule has 1 saturated carbocycles. The molecule has 2 aliphatic carbocycles. The maximum atomic E-state index is 2.58. The molecule has 2 aromatic carbocycles. The van der Waals surface area contributed by atoms with E-state index in [2.05, 4.69) is 94.9 Å². The molecule has 4 rings (SSSR count). The lowest BCUT2D eigenvalue weighted by Gasteiger charge is -2.42. The average Bonchev–Trinajstić information content (AvgIpc) is 3.23. The fraction of sp³-hybridized carbons (Fsp3) is 0.517. The first-order chi connectivity index (χ1) is 14.2. The van der Waals surface area contributed by atoms with Crippen LogP contribution >= 0.6 is 11.8 Å². The van der Waals surface area contributed by atoms with Crippen molar-refractivity contribution in [1.82, 2.24) is 0 Å². The van der Waals surface area contributed by atoms with Gasteiger partial charge in [-0.15, -0.1) is 0 Å². The van der Waals surface area contributed by atoms with Crippen LogP contribution in [0.15, 0.2) is 36.4 Å². The van der Waals surface area contributed by atoms with Crippen molar-refractivity contribution in [3.8, 4) is 0 Å². The number of hydrogen-bond donors (Lipinski definition) is 0. The van der Waals surface area contributed by atoms with Crippen molar-refractivity contribution in [2.75, 3.05) is 0 Å². The highest BCUT2D eigenvalue weighted by atomic mass is 32.2. The van der Waals surface area contributed by atoms with Crippen molar-refractivity contribution >= 4 is 23.9 Å². The second-order valence-corrected chi connectivity index (χ2v) is 12.1. The van der Waals surface area contributed by atoms with E-state index in [-0.39, 0.29) is 10.8 Å². The van der Waals surface area contributed by atoms with Crippen LogP contribution in [0.5, 0.6) is 0 Å². The van der Waals surface area contributed by atoms with Crippen molar-refractivity contribution in [2.24, 2.45) is 0 Å². The molecule has 0 atom stereocenters. The van der Waals surface area contributed by atoms with Crippen LogP contribution in [0, 0.1) is 6.92 Å². The van der Waals surface area contributed by atoms with Crippen molar-refractivity contribution < 1.29 is 0 Å². The molecule has 0 unspecified atom stereocenters. The van der Waals surface area contributed by atoms with Gasteiger partial charge in [0.25, 0.3) is 0 Å². The lowest BCUT2D eigenvalue weighted by molar-refractivity contribution is 0.331. The van der Waals surface area contributed by atoms with Crippen LogP contribution in [-0.4, -0.2) is 5.25 Å². The molecule has 160 valence electrons. The molecule has 1 fully saturated rings. The molecule has 0 saturated heterocycles. The predicted octanol–water partition coefficient (Wildman–Crippen LogP) is 8.69. The molecule has 0 nitrogen and oxygen atoms in total. The van der Waals surface area contributed by atoms with Crippen molar-refractivity contribution in [2.45, 2.75) is 95.0 Å². The summed E-state index contributed by atoms with van der Waals surface area (Å²) in [4.78, 5) is 0. The Morgan fingerprint density at radius 1 is 0.867 bits per heavy atom. The van der Waals surface area contributed by atoms with E-state index in [0.29, 0.717) is 0 Å². The van der Waals surface area contributed by atoms with Gasteiger partial charge in [-0.2, -0.15) is 11.8 Å². The van der Waals surface area contributed by atoms with E-state index in [9.17, 15) is 0 Å². The largest absolute Gasteiger partial charge is 0.154 e. The van der Waals surface area contributed by atoms with Gasteiger partial charge in [0.05, 0.1) is 0 Å². The van der Waals surface area contributed by atoms with Gasteiger partial charge in [0.2, 0.25) is 0 Å². The summed E-state index contributed by atoms with van der Waals surface area (Å²) < 4.78 is 0. The maximum Gasteiger partial charge on any atom is 0.0193 e. The number of rotatable bonds is 5. The van der Waals surface area contributed by atoms with Gasteiger partial charge < -0.3 is 0 Å². The Bertz CT molecular complexity index is 908. The van der Waals surface area contributed by atoms with E-state index >= 15 is 0 Å². The molecule has 0 aliphatic heterocycles. The minimum Gasteiger partial charge on any atom is -0.154 e. The molecule has 2 aliphatic rings. The first kappa shape index (κ1) is 21.8. The smallest absolute Gasteiger partial charge is 0.0193 e. The van der Waals surface area contributed by atoms with Gasteiger partial charge in [0, 0.05) is 11.0 Å². The van der Waals surface area contributed by atoms with Crippen LogP contribution in [0.3, 0.4) is 0 Å².